The summed E-state index contributed by atoms with van der Waals surface area (Å²) in [6.07, 6.45) is -25.5. The third-order valence-corrected chi connectivity index (χ3v) is 10.7. The number of hydrogen-bond acceptors (Lipinski definition) is 24. The van der Waals surface area contributed by atoms with Crippen molar-refractivity contribution in [3.8, 4) is 23.3 Å². The van der Waals surface area contributed by atoms with Gasteiger partial charge in [-0.3, -0.25) is 0 Å². The van der Waals surface area contributed by atoms with Gasteiger partial charge in [-0.05, 0) is 41.5 Å². The molecule has 0 amide bonds. The van der Waals surface area contributed by atoms with E-state index >= 15 is 0 Å². The molecule has 63 heavy (non-hydrogen) atoms. The number of hydrogen-bond donors (Lipinski definition) is 13. The quantitative estimate of drug-likeness (QED) is 0.0587. The zero-order valence-electron chi connectivity index (χ0n) is 32.9. The number of benzene rings is 2. The standard InChI is InChI=1S/C39H49NO23/c40-10-21(17-2-1-3-18(42)9-17)60-37-33(52)30(49)27(46)23(62-37)12-55-35-31(50)28(47)24(13-56-35)63-38-34(53)39(54,15-58-38)14-57-25(44)7-5-16-4-6-20(19(43)8-16)59-36-32(51)29(48)26(45)22(11-41)61-36/h1-9,21-24,26-38,41-43,45-54H,11-15H2/t21-,22+,23+,24-,26-,27-,28-,29-,30-,31-,32+,33-,34-,35+,36+,37+,38+,39+/m0/s1. The number of nitrogens with zero attached hydrogens (tertiary/aromatic N) is 1. The second-order valence-corrected chi connectivity index (χ2v) is 15.2. The molecular formula is C39H49NO23. The first kappa shape index (κ1) is 48.3. The summed E-state index contributed by atoms with van der Waals surface area (Å²) in [5, 5.41) is 144. The average molecular weight is 900 g/mol. The third-order valence-electron chi connectivity index (χ3n) is 10.7. The highest BCUT2D eigenvalue weighted by Crippen LogP contribution is 2.34. The Labute approximate surface area is 357 Å². The Balaban J connectivity index is 0.949. The van der Waals surface area contributed by atoms with E-state index in [4.69, 9.17) is 42.6 Å². The second-order valence-electron chi connectivity index (χ2n) is 15.2. The molecule has 348 valence electrons. The largest absolute Gasteiger partial charge is 0.508 e. The van der Waals surface area contributed by atoms with E-state index in [2.05, 4.69) is 0 Å². The van der Waals surface area contributed by atoms with Crippen LogP contribution in [-0.4, -0.2) is 209 Å². The van der Waals surface area contributed by atoms with Crippen LogP contribution in [0, 0.1) is 11.3 Å². The maximum absolute atomic E-state index is 12.5. The van der Waals surface area contributed by atoms with Crippen molar-refractivity contribution in [2.45, 2.75) is 110 Å². The van der Waals surface area contributed by atoms with Gasteiger partial charge in [-0.15, -0.1) is 0 Å². The predicted octanol–water partition coefficient (Wildman–Crippen LogP) is -5.15. The van der Waals surface area contributed by atoms with Gasteiger partial charge in [0.2, 0.25) is 6.29 Å². The van der Waals surface area contributed by atoms with Gasteiger partial charge < -0.3 is 109 Å². The molecule has 13 N–H and O–H groups in total. The molecule has 0 saturated carbocycles. The average Bonchev–Trinajstić information content (AvgIpc) is 3.55. The molecule has 0 unspecified atom stereocenters. The number of carbonyl (C=O) groups excluding carboxylic acids is 1. The summed E-state index contributed by atoms with van der Waals surface area (Å²) >= 11 is 0. The molecule has 24 heteroatoms. The molecule has 4 fully saturated rings. The molecule has 2 aromatic carbocycles. The van der Waals surface area contributed by atoms with Crippen molar-refractivity contribution in [3.63, 3.8) is 0 Å². The van der Waals surface area contributed by atoms with Crippen LogP contribution in [0.25, 0.3) is 6.08 Å². The lowest BCUT2D eigenvalue weighted by atomic mass is 9.99. The van der Waals surface area contributed by atoms with E-state index in [0.717, 1.165) is 12.1 Å². The van der Waals surface area contributed by atoms with Crippen molar-refractivity contribution in [2.75, 3.05) is 33.0 Å². The molecule has 0 aliphatic carbocycles. The summed E-state index contributed by atoms with van der Waals surface area (Å²) in [6, 6.07) is 11.2. The van der Waals surface area contributed by atoms with Gasteiger partial charge in [-0.2, -0.15) is 5.26 Å². The monoisotopic (exact) mass is 899 g/mol. The summed E-state index contributed by atoms with van der Waals surface area (Å²) in [5.41, 5.74) is -1.74. The van der Waals surface area contributed by atoms with Crippen LogP contribution in [0.2, 0.25) is 0 Å². The van der Waals surface area contributed by atoms with Gasteiger partial charge in [0.05, 0.1) is 32.5 Å². The van der Waals surface area contributed by atoms with E-state index < -0.39 is 155 Å². The van der Waals surface area contributed by atoms with Crippen LogP contribution in [0.15, 0.2) is 48.5 Å². The van der Waals surface area contributed by atoms with E-state index in [1.54, 1.807) is 0 Å². The minimum absolute atomic E-state index is 0.165. The van der Waals surface area contributed by atoms with E-state index in [1.165, 1.54) is 42.5 Å². The smallest absolute Gasteiger partial charge is 0.330 e. The Hall–Kier alpha value is -4.18. The van der Waals surface area contributed by atoms with Crippen LogP contribution >= 0.6 is 0 Å². The molecule has 0 radical (unpaired) electrons. The number of ether oxygens (including phenoxy) is 9. The van der Waals surface area contributed by atoms with E-state index in [9.17, 15) is 76.4 Å². The maximum Gasteiger partial charge on any atom is 0.330 e. The normalized spacial score (nSPS) is 38.8. The van der Waals surface area contributed by atoms with Crippen LogP contribution in [0.4, 0.5) is 0 Å². The third kappa shape index (κ3) is 11.0. The van der Waals surface area contributed by atoms with Crippen molar-refractivity contribution in [1.29, 1.82) is 5.26 Å². The zero-order chi connectivity index (χ0) is 45.7. The highest BCUT2D eigenvalue weighted by atomic mass is 16.8. The Bertz CT molecular complexity index is 1920. The van der Waals surface area contributed by atoms with Gasteiger partial charge in [-0.25, -0.2) is 4.79 Å². The molecule has 2 aromatic rings. The van der Waals surface area contributed by atoms with Crippen molar-refractivity contribution in [3.05, 3.63) is 59.7 Å². The first-order chi connectivity index (χ1) is 29.9. The zero-order valence-corrected chi connectivity index (χ0v) is 32.9. The van der Waals surface area contributed by atoms with E-state index in [-0.39, 0.29) is 22.6 Å². The summed E-state index contributed by atoms with van der Waals surface area (Å²) < 4.78 is 48.8. The molecule has 4 aliphatic heterocycles. The number of rotatable bonds is 15. The number of aliphatic hydroxyl groups is 11. The van der Waals surface area contributed by atoms with Crippen molar-refractivity contribution in [1.82, 2.24) is 0 Å². The second kappa shape index (κ2) is 20.8. The summed E-state index contributed by atoms with van der Waals surface area (Å²) in [5.74, 6) is -1.85. The Morgan fingerprint density at radius 2 is 1.51 bits per heavy atom. The van der Waals surface area contributed by atoms with Crippen molar-refractivity contribution >= 4 is 12.0 Å². The minimum Gasteiger partial charge on any atom is -0.508 e. The Morgan fingerprint density at radius 3 is 2.19 bits per heavy atom. The highest BCUT2D eigenvalue weighted by molar-refractivity contribution is 5.87. The molecular weight excluding hydrogens is 850 g/mol. The fraction of sp³-hybridized carbons (Fsp3) is 0.590. The van der Waals surface area contributed by atoms with Gasteiger partial charge in [0.15, 0.2) is 42.1 Å². The molecule has 4 aliphatic rings. The number of aliphatic hydroxyl groups excluding tert-OH is 10. The molecule has 0 spiro atoms. The summed E-state index contributed by atoms with van der Waals surface area (Å²) in [4.78, 5) is 12.5. The lowest BCUT2D eigenvalue weighted by molar-refractivity contribution is -0.331. The van der Waals surface area contributed by atoms with Crippen LogP contribution in [0.5, 0.6) is 17.2 Å². The fourth-order valence-corrected chi connectivity index (χ4v) is 6.90. The van der Waals surface area contributed by atoms with Crippen LogP contribution in [0.1, 0.15) is 17.2 Å². The lowest BCUT2D eigenvalue weighted by Gasteiger charge is -2.42. The number of esters is 1. The number of phenolic OH excluding ortho intramolecular Hbond substituents is 2. The molecule has 4 heterocycles. The van der Waals surface area contributed by atoms with Gasteiger partial charge in [0.25, 0.3) is 0 Å². The first-order valence-corrected chi connectivity index (χ1v) is 19.4. The van der Waals surface area contributed by atoms with Crippen LogP contribution in [0.3, 0.4) is 0 Å². The molecule has 0 bridgehead atoms. The van der Waals surface area contributed by atoms with Crippen LogP contribution < -0.4 is 4.74 Å². The fourth-order valence-electron chi connectivity index (χ4n) is 6.90. The highest BCUT2D eigenvalue weighted by Gasteiger charge is 2.53. The van der Waals surface area contributed by atoms with Crippen molar-refractivity contribution < 1.29 is 114 Å². The predicted molar refractivity (Wildman–Crippen MR) is 200 cm³/mol. The summed E-state index contributed by atoms with van der Waals surface area (Å²) in [7, 11) is 0. The Kier molecular flexibility index (Phi) is 15.9. The van der Waals surface area contributed by atoms with E-state index in [1.807, 2.05) is 6.07 Å². The van der Waals surface area contributed by atoms with Gasteiger partial charge in [0, 0.05) is 6.08 Å². The van der Waals surface area contributed by atoms with Gasteiger partial charge >= 0.3 is 5.97 Å². The van der Waals surface area contributed by atoms with Crippen LogP contribution in [-0.2, 0) is 42.7 Å². The minimum atomic E-state index is -2.20. The number of nitriles is 1. The number of aromatic hydroxyl groups is 2. The van der Waals surface area contributed by atoms with Crippen molar-refractivity contribution in [2.24, 2.45) is 0 Å². The number of phenols is 2. The molecule has 0 aromatic heterocycles. The first-order valence-electron chi connectivity index (χ1n) is 19.4. The lowest BCUT2D eigenvalue weighted by Crippen LogP contribution is -2.60. The summed E-state index contributed by atoms with van der Waals surface area (Å²) in [6.45, 7) is -3.16. The maximum atomic E-state index is 12.5. The molecule has 4 saturated heterocycles. The number of carbonyl (C=O) groups is 1. The molecule has 6 rings (SSSR count). The SMILES string of the molecule is N#C[C@H](O[C@@H]1O[C@H](CO[C@@H]2OC[C@H](O[C@H]3OC[C@](O)(COC(=O)C=Cc4ccc(O[C@@H]5O[C@H](CO)[C@H](O)[C@H](O)[C@H]5O)c(O)c4)[C@H]3O)[C@H](O)[C@@H]2O)[C@H](O)[C@H](O)[C@@H]1O)c1cccc(O)c1. The Morgan fingerprint density at radius 1 is 0.825 bits per heavy atom. The molecule has 18 atom stereocenters. The van der Waals surface area contributed by atoms with Gasteiger partial charge in [-0.1, -0.05) is 18.2 Å². The topological polar surface area (TPSA) is 387 Å². The van der Waals surface area contributed by atoms with Gasteiger partial charge in [0.1, 0.15) is 85.6 Å². The van der Waals surface area contributed by atoms with E-state index in [0.29, 0.717) is 0 Å². The molecule has 24 nitrogen and oxygen atoms in total.